The van der Waals surface area contributed by atoms with Gasteiger partial charge in [0.2, 0.25) is 0 Å². The minimum atomic E-state index is -0.154. The Labute approximate surface area is 128 Å². The van der Waals surface area contributed by atoms with Gasteiger partial charge in [-0.3, -0.25) is 4.79 Å². The van der Waals surface area contributed by atoms with Gasteiger partial charge in [0.15, 0.2) is 0 Å². The zero-order valence-electron chi connectivity index (χ0n) is 11.8. The average molecular weight is 376 g/mol. The van der Waals surface area contributed by atoms with E-state index < -0.39 is 0 Å². The van der Waals surface area contributed by atoms with E-state index in [2.05, 4.69) is 24.1 Å². The summed E-state index contributed by atoms with van der Waals surface area (Å²) in [6.07, 6.45) is 0. The van der Waals surface area contributed by atoms with Crippen LogP contribution in [0.2, 0.25) is 0 Å². The summed E-state index contributed by atoms with van der Waals surface area (Å²) in [6, 6.07) is 4.95. The normalized spacial score (nSPS) is 11.7. The van der Waals surface area contributed by atoms with Crippen LogP contribution in [0.3, 0.4) is 0 Å². The second kappa shape index (κ2) is 6.56. The van der Waals surface area contributed by atoms with E-state index in [1.807, 2.05) is 36.7 Å². The maximum absolute atomic E-state index is 12.0. The molecule has 4 nitrogen and oxygen atoms in total. The largest absolute Gasteiger partial charge is 0.507 e. The van der Waals surface area contributed by atoms with Crippen LogP contribution in [-0.4, -0.2) is 43.1 Å². The van der Waals surface area contributed by atoms with Gasteiger partial charge < -0.3 is 15.3 Å². The maximum Gasteiger partial charge on any atom is 0.251 e. The van der Waals surface area contributed by atoms with Gasteiger partial charge in [-0.25, -0.2) is 0 Å². The van der Waals surface area contributed by atoms with E-state index in [0.29, 0.717) is 12.1 Å². The Morgan fingerprint density at radius 3 is 2.58 bits per heavy atom. The van der Waals surface area contributed by atoms with Gasteiger partial charge >= 0.3 is 0 Å². The minimum absolute atomic E-state index is 0.00437. The van der Waals surface area contributed by atoms with Gasteiger partial charge in [0, 0.05) is 18.7 Å². The number of nitrogens with zero attached hydrogens (tertiary/aromatic N) is 1. The summed E-state index contributed by atoms with van der Waals surface area (Å²) in [5.41, 5.74) is 0.489. The third-order valence-electron chi connectivity index (χ3n) is 2.68. The molecule has 5 heteroatoms. The number of halogens is 1. The van der Waals surface area contributed by atoms with Crippen LogP contribution in [0.25, 0.3) is 0 Å². The molecule has 0 bridgehead atoms. The molecule has 0 heterocycles. The van der Waals surface area contributed by atoms with Gasteiger partial charge in [-0.1, -0.05) is 13.8 Å². The second-order valence-electron chi connectivity index (χ2n) is 5.75. The van der Waals surface area contributed by atoms with E-state index in [4.69, 9.17) is 0 Å². The number of rotatable bonds is 5. The fourth-order valence-electron chi connectivity index (χ4n) is 1.99. The first-order valence-electron chi connectivity index (χ1n) is 6.13. The van der Waals surface area contributed by atoms with Crippen molar-refractivity contribution >= 4 is 28.5 Å². The van der Waals surface area contributed by atoms with Crippen LogP contribution in [0, 0.1) is 8.99 Å². The molecule has 0 spiro atoms. The molecule has 2 N–H and O–H groups in total. The molecular weight excluding hydrogens is 355 g/mol. The van der Waals surface area contributed by atoms with Crippen molar-refractivity contribution in [2.45, 2.75) is 13.8 Å². The number of amides is 1. The molecule has 0 aromatic heterocycles. The summed E-state index contributed by atoms with van der Waals surface area (Å²) in [5.74, 6) is -0.0145. The number of hydrogen-bond donors (Lipinski definition) is 2. The molecule has 0 aliphatic heterocycles. The summed E-state index contributed by atoms with van der Waals surface area (Å²) in [6.45, 7) is 5.71. The molecule has 0 saturated carbocycles. The molecule has 0 aliphatic rings. The van der Waals surface area contributed by atoms with Crippen molar-refractivity contribution < 1.29 is 9.90 Å². The van der Waals surface area contributed by atoms with Crippen LogP contribution in [0.1, 0.15) is 24.2 Å². The highest BCUT2D eigenvalue weighted by molar-refractivity contribution is 14.1. The van der Waals surface area contributed by atoms with Crippen LogP contribution in [0.4, 0.5) is 0 Å². The molecule has 0 fully saturated rings. The number of carbonyl (C=O) groups is 1. The van der Waals surface area contributed by atoms with Crippen LogP contribution >= 0.6 is 22.6 Å². The van der Waals surface area contributed by atoms with Crippen molar-refractivity contribution in [3.63, 3.8) is 0 Å². The highest BCUT2D eigenvalue weighted by atomic mass is 127. The maximum atomic E-state index is 12.0. The number of phenolic OH excluding ortho intramolecular Hbond substituents is 1. The summed E-state index contributed by atoms with van der Waals surface area (Å²) >= 11 is 2.02. The Morgan fingerprint density at radius 2 is 2.05 bits per heavy atom. The molecule has 0 radical (unpaired) electrons. The predicted molar refractivity (Wildman–Crippen MR) is 85.5 cm³/mol. The molecular formula is C14H21IN2O2. The Hall–Kier alpha value is -0.820. The second-order valence-corrected chi connectivity index (χ2v) is 6.91. The van der Waals surface area contributed by atoms with E-state index in [1.165, 1.54) is 6.07 Å². The van der Waals surface area contributed by atoms with Crippen molar-refractivity contribution in [2.24, 2.45) is 5.41 Å². The number of carbonyl (C=O) groups excluding carboxylic acids is 1. The smallest absolute Gasteiger partial charge is 0.251 e. The Bertz CT molecular complexity index is 459. The van der Waals surface area contributed by atoms with E-state index in [-0.39, 0.29) is 17.1 Å². The van der Waals surface area contributed by atoms with Crippen molar-refractivity contribution in [3.05, 3.63) is 27.3 Å². The third kappa shape index (κ3) is 5.36. The first kappa shape index (κ1) is 16.2. The third-order valence-corrected chi connectivity index (χ3v) is 3.59. The lowest BCUT2D eigenvalue weighted by atomic mass is 9.93. The highest BCUT2D eigenvalue weighted by Crippen LogP contribution is 2.20. The molecule has 1 rings (SSSR count). The zero-order chi connectivity index (χ0) is 14.6. The van der Waals surface area contributed by atoms with Gasteiger partial charge in [0.25, 0.3) is 5.91 Å². The van der Waals surface area contributed by atoms with Crippen molar-refractivity contribution in [2.75, 3.05) is 27.2 Å². The Kier molecular flexibility index (Phi) is 5.61. The minimum Gasteiger partial charge on any atom is -0.507 e. The zero-order valence-corrected chi connectivity index (χ0v) is 14.0. The van der Waals surface area contributed by atoms with Crippen LogP contribution < -0.4 is 5.32 Å². The summed E-state index contributed by atoms with van der Waals surface area (Å²) in [7, 11) is 4.03. The molecule has 1 amide bonds. The lowest BCUT2D eigenvalue weighted by molar-refractivity contribution is 0.0929. The number of hydrogen-bond acceptors (Lipinski definition) is 3. The molecule has 0 saturated heterocycles. The number of phenols is 1. The topological polar surface area (TPSA) is 52.6 Å². The number of benzene rings is 1. The standard InChI is InChI=1S/C14H21IN2O2/c1-14(2,9-17(3)4)8-16-13(19)10-5-6-11(15)12(18)7-10/h5-7,18H,8-9H2,1-4H3,(H,16,19). The SMILES string of the molecule is CN(C)CC(C)(C)CNC(=O)c1ccc(I)c(O)c1. The van der Waals surface area contributed by atoms with Crippen molar-refractivity contribution in [3.8, 4) is 5.75 Å². The van der Waals surface area contributed by atoms with E-state index in [0.717, 1.165) is 10.1 Å². The Morgan fingerprint density at radius 1 is 1.42 bits per heavy atom. The quantitative estimate of drug-likeness (QED) is 0.776. The van der Waals surface area contributed by atoms with Gasteiger partial charge in [0.05, 0.1) is 3.57 Å². The highest BCUT2D eigenvalue weighted by Gasteiger charge is 2.20. The molecule has 0 unspecified atom stereocenters. The molecule has 0 atom stereocenters. The van der Waals surface area contributed by atoms with E-state index in [1.54, 1.807) is 12.1 Å². The lowest BCUT2D eigenvalue weighted by Gasteiger charge is -2.28. The number of aromatic hydroxyl groups is 1. The molecule has 1 aromatic rings. The molecule has 0 aliphatic carbocycles. The van der Waals surface area contributed by atoms with Crippen LogP contribution in [0.5, 0.6) is 5.75 Å². The van der Waals surface area contributed by atoms with E-state index >= 15 is 0 Å². The Balaban J connectivity index is 2.62. The van der Waals surface area contributed by atoms with E-state index in [9.17, 15) is 9.90 Å². The lowest BCUT2D eigenvalue weighted by Crippen LogP contribution is -2.39. The molecule has 1 aromatic carbocycles. The first-order chi connectivity index (χ1) is 8.71. The monoisotopic (exact) mass is 376 g/mol. The summed E-state index contributed by atoms with van der Waals surface area (Å²) in [5, 5.41) is 12.5. The van der Waals surface area contributed by atoms with Gasteiger partial charge in [-0.15, -0.1) is 0 Å². The van der Waals surface area contributed by atoms with Gasteiger partial charge in [-0.05, 0) is 60.3 Å². The van der Waals surface area contributed by atoms with Crippen LogP contribution in [0.15, 0.2) is 18.2 Å². The fourth-order valence-corrected chi connectivity index (χ4v) is 2.32. The number of nitrogens with one attached hydrogen (secondary N) is 1. The van der Waals surface area contributed by atoms with Gasteiger partial charge in [0.1, 0.15) is 5.75 Å². The summed E-state index contributed by atoms with van der Waals surface area (Å²) < 4.78 is 0.738. The predicted octanol–water partition coefficient (Wildman–Crippen LogP) is 2.31. The molecule has 106 valence electrons. The van der Waals surface area contributed by atoms with Gasteiger partial charge in [-0.2, -0.15) is 0 Å². The summed E-state index contributed by atoms with van der Waals surface area (Å²) in [4.78, 5) is 14.1. The van der Waals surface area contributed by atoms with Crippen molar-refractivity contribution in [1.29, 1.82) is 0 Å². The first-order valence-corrected chi connectivity index (χ1v) is 7.20. The average Bonchev–Trinajstić information content (AvgIpc) is 2.28. The fraction of sp³-hybridized carbons (Fsp3) is 0.500. The molecule has 19 heavy (non-hydrogen) atoms. The van der Waals surface area contributed by atoms with Crippen LogP contribution in [-0.2, 0) is 0 Å². The van der Waals surface area contributed by atoms with Crippen molar-refractivity contribution in [1.82, 2.24) is 10.2 Å².